The highest BCUT2D eigenvalue weighted by atomic mass is 16.5. The van der Waals surface area contributed by atoms with Crippen LogP contribution >= 0.6 is 0 Å². The van der Waals surface area contributed by atoms with Crippen LogP contribution in [0.4, 0.5) is 0 Å². The number of fused-ring (bicyclic) bond motifs is 1. The van der Waals surface area contributed by atoms with Crippen LogP contribution in [0.3, 0.4) is 0 Å². The van der Waals surface area contributed by atoms with E-state index >= 15 is 0 Å². The number of ether oxygens (including phenoxy) is 2. The predicted octanol–water partition coefficient (Wildman–Crippen LogP) is 3.03. The zero-order chi connectivity index (χ0) is 18.6. The molecule has 7 nitrogen and oxygen atoms in total. The van der Waals surface area contributed by atoms with Gasteiger partial charge in [0.25, 0.3) is 0 Å². The molecule has 138 valence electrons. The lowest BCUT2D eigenvalue weighted by molar-refractivity contribution is 0.300. The van der Waals surface area contributed by atoms with Gasteiger partial charge in [0, 0.05) is 17.8 Å². The molecule has 3 heterocycles. The number of nitrogens with one attached hydrogen (secondary N) is 1. The van der Waals surface area contributed by atoms with E-state index in [4.69, 9.17) is 13.9 Å². The maximum atomic E-state index is 9.38. The summed E-state index contributed by atoms with van der Waals surface area (Å²) in [6.45, 7) is 1.92. The van der Waals surface area contributed by atoms with Crippen LogP contribution < -0.4 is 14.8 Å². The van der Waals surface area contributed by atoms with Crippen molar-refractivity contribution in [3.63, 3.8) is 0 Å². The summed E-state index contributed by atoms with van der Waals surface area (Å²) in [4.78, 5) is 8.36. The molecule has 0 saturated carbocycles. The van der Waals surface area contributed by atoms with Crippen molar-refractivity contribution in [3.05, 3.63) is 48.1 Å². The summed E-state index contributed by atoms with van der Waals surface area (Å²) in [6, 6.07) is 10.1. The summed E-state index contributed by atoms with van der Waals surface area (Å²) >= 11 is 0. The minimum absolute atomic E-state index is 0.0660. The van der Waals surface area contributed by atoms with Gasteiger partial charge in [-0.3, -0.25) is 4.98 Å². The second-order valence-corrected chi connectivity index (χ2v) is 6.52. The Labute approximate surface area is 156 Å². The first-order chi connectivity index (χ1) is 13.3. The van der Waals surface area contributed by atoms with Crippen molar-refractivity contribution in [2.45, 2.75) is 18.9 Å². The number of methoxy groups -OCH3 is 1. The molecule has 2 aromatic heterocycles. The maximum Gasteiger partial charge on any atom is 0.231 e. The first-order valence-corrected chi connectivity index (χ1v) is 8.88. The first-order valence-electron chi connectivity index (χ1n) is 8.88. The van der Waals surface area contributed by atoms with Crippen LogP contribution in [0.5, 0.6) is 11.6 Å². The van der Waals surface area contributed by atoms with Gasteiger partial charge in [-0.15, -0.1) is 0 Å². The van der Waals surface area contributed by atoms with Crippen LogP contribution in [-0.2, 0) is 6.61 Å². The fraction of sp³-hybridized carbons (Fsp3) is 0.350. The number of hydrogen-bond donors (Lipinski definition) is 1. The van der Waals surface area contributed by atoms with E-state index in [-0.39, 0.29) is 11.8 Å². The molecule has 1 aliphatic rings. The molecule has 1 fully saturated rings. The van der Waals surface area contributed by atoms with Gasteiger partial charge in [-0.25, -0.2) is 4.98 Å². The molecular weight excluding hydrogens is 344 g/mol. The Bertz CT molecular complexity index is 962. The van der Waals surface area contributed by atoms with E-state index in [0.29, 0.717) is 19.0 Å². The van der Waals surface area contributed by atoms with Crippen LogP contribution in [0.25, 0.3) is 11.0 Å². The highest BCUT2D eigenvalue weighted by molar-refractivity contribution is 5.79. The molecule has 0 bridgehead atoms. The fourth-order valence-corrected chi connectivity index (χ4v) is 3.33. The van der Waals surface area contributed by atoms with Crippen LogP contribution in [0.2, 0.25) is 0 Å². The van der Waals surface area contributed by atoms with Gasteiger partial charge in [-0.2, -0.15) is 5.26 Å². The third-order valence-electron chi connectivity index (χ3n) is 4.80. The van der Waals surface area contributed by atoms with Gasteiger partial charge in [0.2, 0.25) is 5.88 Å². The van der Waals surface area contributed by atoms with Crippen molar-refractivity contribution in [3.8, 4) is 17.7 Å². The Hall–Kier alpha value is -3.11. The second-order valence-electron chi connectivity index (χ2n) is 6.52. The number of aromatic nitrogens is 2. The average molecular weight is 364 g/mol. The van der Waals surface area contributed by atoms with Gasteiger partial charge in [-0.05, 0) is 37.2 Å². The quantitative estimate of drug-likeness (QED) is 0.744. The Balaban J connectivity index is 1.49. The van der Waals surface area contributed by atoms with E-state index in [1.807, 2.05) is 24.3 Å². The molecular formula is C20H20N4O3. The van der Waals surface area contributed by atoms with E-state index in [0.717, 1.165) is 41.1 Å². The van der Waals surface area contributed by atoms with E-state index in [1.165, 1.54) is 0 Å². The molecule has 7 heteroatoms. The zero-order valence-electron chi connectivity index (χ0n) is 15.0. The van der Waals surface area contributed by atoms with Crippen LogP contribution in [0.1, 0.15) is 23.8 Å². The standard InChI is InChI=1S/C20H20N4O3/c1-25-20-11-23-15(10-24-20)12-26-16-2-3-18-13(6-16)7-19(27-18)17-4-5-22-9-14(17)8-21/h2-3,6-7,10-11,14,17,22H,4-5,9,12H2,1H3. The summed E-state index contributed by atoms with van der Waals surface area (Å²) in [6.07, 6.45) is 4.10. The van der Waals surface area contributed by atoms with Gasteiger partial charge in [0.15, 0.2) is 0 Å². The van der Waals surface area contributed by atoms with Gasteiger partial charge < -0.3 is 19.2 Å². The van der Waals surface area contributed by atoms with Gasteiger partial charge >= 0.3 is 0 Å². The normalized spacial score (nSPS) is 19.6. The molecule has 4 rings (SSSR count). The highest BCUT2D eigenvalue weighted by Crippen LogP contribution is 2.35. The molecule has 0 radical (unpaired) electrons. The zero-order valence-corrected chi connectivity index (χ0v) is 15.0. The number of piperidine rings is 1. The van der Waals surface area contributed by atoms with Crippen molar-refractivity contribution >= 4 is 11.0 Å². The lowest BCUT2D eigenvalue weighted by atomic mass is 9.85. The summed E-state index contributed by atoms with van der Waals surface area (Å²) in [5.41, 5.74) is 1.52. The topological polar surface area (TPSA) is 93.2 Å². The van der Waals surface area contributed by atoms with Crippen LogP contribution in [0, 0.1) is 17.2 Å². The minimum Gasteiger partial charge on any atom is -0.487 e. The number of benzene rings is 1. The number of furan rings is 1. The predicted molar refractivity (Wildman–Crippen MR) is 98.5 cm³/mol. The number of hydrogen-bond acceptors (Lipinski definition) is 7. The van der Waals surface area contributed by atoms with Crippen LogP contribution in [-0.4, -0.2) is 30.2 Å². The van der Waals surface area contributed by atoms with Crippen molar-refractivity contribution < 1.29 is 13.9 Å². The fourth-order valence-electron chi connectivity index (χ4n) is 3.33. The lowest BCUT2D eigenvalue weighted by Gasteiger charge is -2.25. The Morgan fingerprint density at radius 2 is 2.22 bits per heavy atom. The molecule has 0 amide bonds. The average Bonchev–Trinajstić information content (AvgIpc) is 3.15. The number of nitrogens with zero attached hydrogens (tertiary/aromatic N) is 3. The molecule has 0 aliphatic carbocycles. The van der Waals surface area contributed by atoms with Gasteiger partial charge in [0.1, 0.15) is 23.7 Å². The summed E-state index contributed by atoms with van der Waals surface area (Å²) < 4.78 is 16.8. The molecule has 27 heavy (non-hydrogen) atoms. The van der Waals surface area contributed by atoms with E-state index in [1.54, 1.807) is 19.5 Å². The van der Waals surface area contributed by atoms with E-state index < -0.39 is 0 Å². The van der Waals surface area contributed by atoms with Crippen molar-refractivity contribution in [2.75, 3.05) is 20.2 Å². The molecule has 2 unspecified atom stereocenters. The molecule has 2 atom stereocenters. The largest absolute Gasteiger partial charge is 0.487 e. The molecule has 0 spiro atoms. The molecule has 1 saturated heterocycles. The lowest BCUT2D eigenvalue weighted by Crippen LogP contribution is -2.34. The molecule has 1 aliphatic heterocycles. The smallest absolute Gasteiger partial charge is 0.231 e. The molecule has 1 N–H and O–H groups in total. The maximum absolute atomic E-state index is 9.38. The van der Waals surface area contributed by atoms with E-state index in [9.17, 15) is 5.26 Å². The summed E-state index contributed by atoms with van der Waals surface area (Å²) in [5.74, 6) is 2.14. The van der Waals surface area contributed by atoms with Crippen molar-refractivity contribution in [1.82, 2.24) is 15.3 Å². The second kappa shape index (κ2) is 7.64. The Kier molecular flexibility index (Phi) is 4.90. The van der Waals surface area contributed by atoms with Gasteiger partial charge in [-0.1, -0.05) is 0 Å². The monoisotopic (exact) mass is 364 g/mol. The van der Waals surface area contributed by atoms with Crippen LogP contribution in [0.15, 0.2) is 41.1 Å². The Morgan fingerprint density at radius 1 is 1.30 bits per heavy atom. The molecule has 1 aromatic carbocycles. The number of nitriles is 1. The summed E-state index contributed by atoms with van der Waals surface area (Å²) in [7, 11) is 1.55. The van der Waals surface area contributed by atoms with E-state index in [2.05, 4.69) is 21.4 Å². The highest BCUT2D eigenvalue weighted by Gasteiger charge is 2.29. The number of rotatable bonds is 5. The SMILES string of the molecule is COc1cnc(COc2ccc3oc(C4CCNCC4C#N)cc3c2)cn1. The van der Waals surface area contributed by atoms with Crippen molar-refractivity contribution in [2.24, 2.45) is 5.92 Å². The van der Waals surface area contributed by atoms with Crippen molar-refractivity contribution in [1.29, 1.82) is 5.26 Å². The minimum atomic E-state index is -0.0660. The molecule has 3 aromatic rings. The van der Waals surface area contributed by atoms with Gasteiger partial charge in [0.05, 0.1) is 37.2 Å². The Morgan fingerprint density at radius 3 is 3.00 bits per heavy atom. The third-order valence-corrected chi connectivity index (χ3v) is 4.80. The summed E-state index contributed by atoms with van der Waals surface area (Å²) in [5, 5.41) is 13.6. The third kappa shape index (κ3) is 3.71. The first kappa shape index (κ1) is 17.3.